The predicted octanol–water partition coefficient (Wildman–Crippen LogP) is 5.31. The van der Waals surface area contributed by atoms with Gasteiger partial charge in [-0.2, -0.15) is 0 Å². The number of unbranched alkanes of at least 4 members (excludes halogenated alkanes) is 3. The highest BCUT2D eigenvalue weighted by atomic mass is 14.9. The zero-order chi connectivity index (χ0) is 14.1. The lowest BCUT2D eigenvalue weighted by molar-refractivity contribution is 0.470. The maximum Gasteiger partial charge on any atom is 0.0320 e. The molecular weight excluding hydrogens is 230 g/mol. The molecule has 108 valence electrons. The molecule has 1 heteroatoms. The summed E-state index contributed by atoms with van der Waals surface area (Å²) in [6.07, 6.45) is 7.86. The van der Waals surface area contributed by atoms with Crippen molar-refractivity contribution in [2.45, 2.75) is 72.3 Å². The van der Waals surface area contributed by atoms with Crippen LogP contribution >= 0.6 is 0 Å². The van der Waals surface area contributed by atoms with Gasteiger partial charge in [0.15, 0.2) is 0 Å². The van der Waals surface area contributed by atoms with Gasteiger partial charge in [-0.1, -0.05) is 68.9 Å². The largest absolute Gasteiger partial charge is 0.310 e. The van der Waals surface area contributed by atoms with E-state index >= 15 is 0 Å². The van der Waals surface area contributed by atoms with Crippen LogP contribution in [-0.2, 0) is 0 Å². The van der Waals surface area contributed by atoms with Crippen molar-refractivity contribution in [2.24, 2.45) is 0 Å². The van der Waals surface area contributed by atoms with Crippen LogP contribution in [0.3, 0.4) is 0 Å². The number of nitrogens with one attached hydrogen (secondary N) is 1. The third kappa shape index (κ3) is 6.24. The predicted molar refractivity (Wildman–Crippen MR) is 85.7 cm³/mol. The lowest BCUT2D eigenvalue weighted by atomic mass is 9.96. The normalized spacial score (nSPS) is 12.6. The molecule has 0 amide bonds. The molecule has 0 saturated heterocycles. The van der Waals surface area contributed by atoms with Crippen molar-refractivity contribution in [3.8, 4) is 0 Å². The molecule has 1 rings (SSSR count). The van der Waals surface area contributed by atoms with Crippen molar-refractivity contribution in [1.29, 1.82) is 0 Å². The molecule has 1 atom stereocenters. The Labute approximate surface area is 119 Å². The number of rotatable bonds is 9. The average molecular weight is 261 g/mol. The van der Waals surface area contributed by atoms with Gasteiger partial charge in [0.05, 0.1) is 0 Å². The third-order valence-electron chi connectivity index (χ3n) is 3.63. The van der Waals surface area contributed by atoms with Crippen molar-refractivity contribution in [3.63, 3.8) is 0 Å². The quantitative estimate of drug-likeness (QED) is 0.594. The standard InChI is InChI=1S/C18H31N/c1-5-7-8-9-10-18(19-11-6-2)17-13-15(3)12-16(4)14-17/h12-14,18-19H,5-11H2,1-4H3. The van der Waals surface area contributed by atoms with E-state index in [9.17, 15) is 0 Å². The molecule has 1 aromatic carbocycles. The van der Waals surface area contributed by atoms with Gasteiger partial charge >= 0.3 is 0 Å². The molecule has 0 aliphatic rings. The first-order chi connectivity index (χ1) is 9.17. The Balaban J connectivity index is 2.65. The Morgan fingerprint density at radius 1 is 0.895 bits per heavy atom. The van der Waals surface area contributed by atoms with Crippen molar-refractivity contribution in [3.05, 3.63) is 34.9 Å². The number of aryl methyl sites for hydroxylation is 2. The molecule has 0 radical (unpaired) electrons. The fourth-order valence-corrected chi connectivity index (χ4v) is 2.69. The van der Waals surface area contributed by atoms with Crippen molar-refractivity contribution >= 4 is 0 Å². The minimum absolute atomic E-state index is 0.537. The first-order valence-electron chi connectivity index (χ1n) is 7.99. The van der Waals surface area contributed by atoms with E-state index in [0.29, 0.717) is 6.04 Å². The molecule has 0 aliphatic heterocycles. The first kappa shape index (κ1) is 16.2. The average Bonchev–Trinajstić information content (AvgIpc) is 2.36. The summed E-state index contributed by atoms with van der Waals surface area (Å²) < 4.78 is 0. The van der Waals surface area contributed by atoms with Crippen molar-refractivity contribution in [1.82, 2.24) is 5.32 Å². The summed E-state index contributed by atoms with van der Waals surface area (Å²) in [6.45, 7) is 10.0. The van der Waals surface area contributed by atoms with E-state index in [0.717, 1.165) is 6.54 Å². The molecule has 1 N–H and O–H groups in total. The second-order valence-corrected chi connectivity index (χ2v) is 5.78. The van der Waals surface area contributed by atoms with E-state index in [1.54, 1.807) is 0 Å². The fourth-order valence-electron chi connectivity index (χ4n) is 2.69. The second kappa shape index (κ2) is 9.14. The molecule has 1 unspecified atom stereocenters. The minimum Gasteiger partial charge on any atom is -0.310 e. The van der Waals surface area contributed by atoms with E-state index in [2.05, 4.69) is 51.2 Å². The number of benzene rings is 1. The van der Waals surface area contributed by atoms with Crippen LogP contribution in [0.15, 0.2) is 18.2 Å². The van der Waals surface area contributed by atoms with Crippen LogP contribution in [0.5, 0.6) is 0 Å². The third-order valence-corrected chi connectivity index (χ3v) is 3.63. The van der Waals surface area contributed by atoms with Gasteiger partial charge in [0.2, 0.25) is 0 Å². The van der Waals surface area contributed by atoms with E-state index in [-0.39, 0.29) is 0 Å². The highest BCUT2D eigenvalue weighted by molar-refractivity contribution is 5.30. The lowest BCUT2D eigenvalue weighted by Gasteiger charge is -2.20. The van der Waals surface area contributed by atoms with Gasteiger partial charge in [-0.15, -0.1) is 0 Å². The summed E-state index contributed by atoms with van der Waals surface area (Å²) in [7, 11) is 0. The second-order valence-electron chi connectivity index (χ2n) is 5.78. The van der Waals surface area contributed by atoms with E-state index in [1.807, 2.05) is 0 Å². The van der Waals surface area contributed by atoms with Crippen LogP contribution in [0.25, 0.3) is 0 Å². The Morgan fingerprint density at radius 3 is 2.16 bits per heavy atom. The molecule has 0 fully saturated rings. The van der Waals surface area contributed by atoms with E-state index in [4.69, 9.17) is 0 Å². The Morgan fingerprint density at radius 2 is 1.58 bits per heavy atom. The maximum absolute atomic E-state index is 3.72. The summed E-state index contributed by atoms with van der Waals surface area (Å²) in [5.74, 6) is 0. The van der Waals surface area contributed by atoms with Crippen molar-refractivity contribution in [2.75, 3.05) is 6.54 Å². The van der Waals surface area contributed by atoms with Crippen molar-refractivity contribution < 1.29 is 0 Å². The lowest BCUT2D eigenvalue weighted by Crippen LogP contribution is -2.22. The molecule has 0 spiro atoms. The summed E-state index contributed by atoms with van der Waals surface area (Å²) in [5, 5.41) is 3.72. The molecular formula is C18H31N. The zero-order valence-electron chi connectivity index (χ0n) is 13.3. The molecule has 0 aliphatic carbocycles. The summed E-state index contributed by atoms with van der Waals surface area (Å²) in [4.78, 5) is 0. The fraction of sp³-hybridized carbons (Fsp3) is 0.667. The molecule has 0 saturated carbocycles. The van der Waals surface area contributed by atoms with Gasteiger partial charge in [0.25, 0.3) is 0 Å². The molecule has 1 nitrogen and oxygen atoms in total. The van der Waals surface area contributed by atoms with Crippen LogP contribution in [0.1, 0.15) is 75.1 Å². The molecule has 0 heterocycles. The maximum atomic E-state index is 3.72. The van der Waals surface area contributed by atoms with E-state index in [1.165, 1.54) is 55.2 Å². The molecule has 0 aromatic heterocycles. The highest BCUT2D eigenvalue weighted by Crippen LogP contribution is 2.22. The minimum atomic E-state index is 0.537. The first-order valence-corrected chi connectivity index (χ1v) is 7.99. The Kier molecular flexibility index (Phi) is 7.81. The van der Waals surface area contributed by atoms with Crippen LogP contribution in [0.2, 0.25) is 0 Å². The van der Waals surface area contributed by atoms with E-state index < -0.39 is 0 Å². The molecule has 1 aromatic rings. The van der Waals surface area contributed by atoms with Crippen LogP contribution in [0, 0.1) is 13.8 Å². The Hall–Kier alpha value is -0.820. The van der Waals surface area contributed by atoms with Gasteiger partial charge in [-0.05, 0) is 38.8 Å². The van der Waals surface area contributed by atoms with Gasteiger partial charge < -0.3 is 5.32 Å². The Bertz CT molecular complexity index is 336. The van der Waals surface area contributed by atoms with Crippen LogP contribution in [0.4, 0.5) is 0 Å². The van der Waals surface area contributed by atoms with Crippen LogP contribution < -0.4 is 5.32 Å². The van der Waals surface area contributed by atoms with Gasteiger partial charge in [0, 0.05) is 6.04 Å². The summed E-state index contributed by atoms with van der Waals surface area (Å²) in [5.41, 5.74) is 4.24. The van der Waals surface area contributed by atoms with Crippen LogP contribution in [-0.4, -0.2) is 6.54 Å². The summed E-state index contributed by atoms with van der Waals surface area (Å²) in [6, 6.07) is 7.49. The molecule has 19 heavy (non-hydrogen) atoms. The smallest absolute Gasteiger partial charge is 0.0320 e. The SMILES string of the molecule is CCCCCCC(NCCC)c1cc(C)cc(C)c1. The molecule has 0 bridgehead atoms. The highest BCUT2D eigenvalue weighted by Gasteiger charge is 2.11. The van der Waals surface area contributed by atoms with Gasteiger partial charge in [-0.3, -0.25) is 0 Å². The van der Waals surface area contributed by atoms with Gasteiger partial charge in [0.1, 0.15) is 0 Å². The van der Waals surface area contributed by atoms with Gasteiger partial charge in [-0.25, -0.2) is 0 Å². The zero-order valence-corrected chi connectivity index (χ0v) is 13.3. The monoisotopic (exact) mass is 261 g/mol. The topological polar surface area (TPSA) is 12.0 Å². The number of hydrogen-bond acceptors (Lipinski definition) is 1. The number of hydrogen-bond donors (Lipinski definition) is 1. The summed E-state index contributed by atoms with van der Waals surface area (Å²) >= 11 is 0.